The summed E-state index contributed by atoms with van der Waals surface area (Å²) in [6.07, 6.45) is -0.0245. The summed E-state index contributed by atoms with van der Waals surface area (Å²) in [5.41, 5.74) is 1.84. The van der Waals surface area contributed by atoms with Gasteiger partial charge in [-0.1, -0.05) is 48.0 Å². The van der Waals surface area contributed by atoms with E-state index in [1.165, 1.54) is 0 Å². The standard InChI is InChI=1S/C25H32ClN3O3/c26-24-9-5-4-8-22(24)18-28-14-17-32-23(19-28)20-29(11-10-27-12-15-31-16-13-27)25(30)21-6-2-1-3-7-21/h1-9,23H,10-20H2. The topological polar surface area (TPSA) is 45.2 Å². The fourth-order valence-corrected chi connectivity index (χ4v) is 4.47. The van der Waals surface area contributed by atoms with Crippen LogP contribution in [-0.2, 0) is 16.0 Å². The first kappa shape index (κ1) is 23.2. The lowest BCUT2D eigenvalue weighted by Crippen LogP contribution is -2.50. The zero-order valence-corrected chi connectivity index (χ0v) is 19.3. The second-order valence-electron chi connectivity index (χ2n) is 8.39. The summed E-state index contributed by atoms with van der Waals surface area (Å²) in [6, 6.07) is 17.5. The average Bonchev–Trinajstić information content (AvgIpc) is 2.84. The maximum atomic E-state index is 13.3. The van der Waals surface area contributed by atoms with Crippen molar-refractivity contribution in [2.75, 3.05) is 65.6 Å². The zero-order valence-electron chi connectivity index (χ0n) is 18.5. The van der Waals surface area contributed by atoms with Gasteiger partial charge in [0, 0.05) is 62.9 Å². The Kier molecular flexibility index (Phi) is 8.54. The molecule has 2 aromatic rings. The van der Waals surface area contributed by atoms with E-state index < -0.39 is 0 Å². The van der Waals surface area contributed by atoms with Gasteiger partial charge < -0.3 is 14.4 Å². The van der Waals surface area contributed by atoms with Crippen LogP contribution in [0.5, 0.6) is 0 Å². The summed E-state index contributed by atoms with van der Waals surface area (Å²) in [5.74, 6) is 0.0608. The van der Waals surface area contributed by atoms with Gasteiger partial charge in [0.1, 0.15) is 0 Å². The monoisotopic (exact) mass is 457 g/mol. The van der Waals surface area contributed by atoms with E-state index in [0.717, 1.165) is 68.6 Å². The van der Waals surface area contributed by atoms with Crippen molar-refractivity contribution in [1.82, 2.24) is 14.7 Å². The van der Waals surface area contributed by atoms with Gasteiger partial charge in [-0.2, -0.15) is 0 Å². The summed E-state index contributed by atoms with van der Waals surface area (Å²) in [7, 11) is 0. The van der Waals surface area contributed by atoms with Crippen molar-refractivity contribution in [2.45, 2.75) is 12.6 Å². The van der Waals surface area contributed by atoms with Gasteiger partial charge in [-0.25, -0.2) is 0 Å². The summed E-state index contributed by atoms with van der Waals surface area (Å²) < 4.78 is 11.5. The van der Waals surface area contributed by atoms with Crippen molar-refractivity contribution in [1.29, 1.82) is 0 Å². The van der Waals surface area contributed by atoms with Gasteiger partial charge >= 0.3 is 0 Å². The van der Waals surface area contributed by atoms with Crippen LogP contribution < -0.4 is 0 Å². The average molecular weight is 458 g/mol. The molecule has 2 aliphatic rings. The third kappa shape index (κ3) is 6.53. The second-order valence-corrected chi connectivity index (χ2v) is 8.80. The Hall–Kier alpha value is -1.96. The number of rotatable bonds is 8. The molecule has 7 heteroatoms. The van der Waals surface area contributed by atoms with Gasteiger partial charge in [-0.15, -0.1) is 0 Å². The highest BCUT2D eigenvalue weighted by atomic mass is 35.5. The summed E-state index contributed by atoms with van der Waals surface area (Å²) >= 11 is 6.36. The zero-order chi connectivity index (χ0) is 22.2. The largest absolute Gasteiger partial charge is 0.379 e. The number of hydrogen-bond donors (Lipinski definition) is 0. The molecule has 0 aliphatic carbocycles. The van der Waals surface area contributed by atoms with Gasteiger partial charge in [0.15, 0.2) is 0 Å². The molecule has 2 saturated heterocycles. The van der Waals surface area contributed by atoms with Crippen molar-refractivity contribution in [3.63, 3.8) is 0 Å². The summed E-state index contributed by atoms with van der Waals surface area (Å²) in [6.45, 7) is 8.55. The van der Waals surface area contributed by atoms with E-state index in [1.807, 2.05) is 53.4 Å². The van der Waals surface area contributed by atoms with Crippen LogP contribution in [0.4, 0.5) is 0 Å². The minimum Gasteiger partial charge on any atom is -0.379 e. The van der Waals surface area contributed by atoms with E-state index >= 15 is 0 Å². The SMILES string of the molecule is O=C(c1ccccc1)N(CCN1CCOCC1)CC1CN(Cc2ccccc2Cl)CCO1. The molecule has 0 N–H and O–H groups in total. The first-order valence-electron chi connectivity index (χ1n) is 11.4. The molecular formula is C25H32ClN3O3. The molecule has 2 aromatic carbocycles. The molecule has 0 bridgehead atoms. The van der Waals surface area contributed by atoms with Gasteiger partial charge in [0.2, 0.25) is 0 Å². The lowest BCUT2D eigenvalue weighted by molar-refractivity contribution is -0.0443. The van der Waals surface area contributed by atoms with Crippen molar-refractivity contribution < 1.29 is 14.3 Å². The van der Waals surface area contributed by atoms with Crippen LogP contribution in [0.15, 0.2) is 54.6 Å². The first-order valence-corrected chi connectivity index (χ1v) is 11.8. The molecule has 2 heterocycles. The van der Waals surface area contributed by atoms with Crippen molar-refractivity contribution in [3.8, 4) is 0 Å². The van der Waals surface area contributed by atoms with Gasteiger partial charge in [0.25, 0.3) is 5.91 Å². The Morgan fingerprint density at radius 1 is 0.969 bits per heavy atom. The highest BCUT2D eigenvalue weighted by molar-refractivity contribution is 6.31. The predicted octanol–water partition coefficient (Wildman–Crippen LogP) is 3.02. The molecule has 0 spiro atoms. The van der Waals surface area contributed by atoms with E-state index in [0.29, 0.717) is 19.7 Å². The Morgan fingerprint density at radius 3 is 2.47 bits per heavy atom. The maximum Gasteiger partial charge on any atom is 0.253 e. The van der Waals surface area contributed by atoms with E-state index in [2.05, 4.69) is 15.9 Å². The van der Waals surface area contributed by atoms with Crippen LogP contribution in [-0.4, -0.2) is 92.3 Å². The van der Waals surface area contributed by atoms with E-state index in [-0.39, 0.29) is 12.0 Å². The molecule has 4 rings (SSSR count). The van der Waals surface area contributed by atoms with Crippen LogP contribution in [0.1, 0.15) is 15.9 Å². The smallest absolute Gasteiger partial charge is 0.253 e. The molecule has 0 radical (unpaired) electrons. The molecule has 2 aliphatic heterocycles. The number of ether oxygens (including phenoxy) is 2. The van der Waals surface area contributed by atoms with Gasteiger partial charge in [-0.05, 0) is 23.8 Å². The van der Waals surface area contributed by atoms with Crippen molar-refractivity contribution in [2.24, 2.45) is 0 Å². The molecular weight excluding hydrogens is 426 g/mol. The Morgan fingerprint density at radius 2 is 1.69 bits per heavy atom. The molecule has 1 amide bonds. The Bertz CT molecular complexity index is 861. The van der Waals surface area contributed by atoms with Gasteiger partial charge in [-0.3, -0.25) is 14.6 Å². The third-order valence-electron chi connectivity index (χ3n) is 6.10. The number of amides is 1. The van der Waals surface area contributed by atoms with Crippen LogP contribution in [0, 0.1) is 0 Å². The number of benzene rings is 2. The van der Waals surface area contributed by atoms with Crippen LogP contribution in [0.3, 0.4) is 0 Å². The molecule has 172 valence electrons. The minimum atomic E-state index is -0.0245. The van der Waals surface area contributed by atoms with Crippen molar-refractivity contribution >= 4 is 17.5 Å². The van der Waals surface area contributed by atoms with Crippen LogP contribution in [0.25, 0.3) is 0 Å². The van der Waals surface area contributed by atoms with E-state index in [4.69, 9.17) is 21.1 Å². The minimum absolute atomic E-state index is 0.0245. The number of morpholine rings is 2. The molecule has 32 heavy (non-hydrogen) atoms. The maximum absolute atomic E-state index is 13.3. The number of hydrogen-bond acceptors (Lipinski definition) is 5. The first-order chi connectivity index (χ1) is 15.7. The van der Waals surface area contributed by atoms with E-state index in [1.54, 1.807) is 0 Å². The second kappa shape index (κ2) is 11.8. The number of halogens is 1. The predicted molar refractivity (Wildman–Crippen MR) is 126 cm³/mol. The fraction of sp³-hybridized carbons (Fsp3) is 0.480. The van der Waals surface area contributed by atoms with Crippen molar-refractivity contribution in [3.05, 3.63) is 70.7 Å². The highest BCUT2D eigenvalue weighted by Gasteiger charge is 2.26. The summed E-state index contributed by atoms with van der Waals surface area (Å²) in [4.78, 5) is 20.0. The van der Waals surface area contributed by atoms with Crippen LogP contribution in [0.2, 0.25) is 5.02 Å². The Labute approximate surface area is 195 Å². The Balaban J connectivity index is 1.39. The quantitative estimate of drug-likeness (QED) is 0.609. The lowest BCUT2D eigenvalue weighted by atomic mass is 10.1. The van der Waals surface area contributed by atoms with Crippen LogP contribution >= 0.6 is 11.6 Å². The van der Waals surface area contributed by atoms with E-state index in [9.17, 15) is 4.79 Å². The molecule has 0 aromatic heterocycles. The normalized spacial score (nSPS) is 20.2. The molecule has 1 atom stereocenters. The number of nitrogens with zero attached hydrogens (tertiary/aromatic N) is 3. The molecule has 2 fully saturated rings. The molecule has 1 unspecified atom stereocenters. The summed E-state index contributed by atoms with van der Waals surface area (Å²) in [5, 5.41) is 0.793. The number of carbonyl (C=O) groups excluding carboxylic acids is 1. The third-order valence-corrected chi connectivity index (χ3v) is 6.47. The lowest BCUT2D eigenvalue weighted by Gasteiger charge is -2.37. The highest BCUT2D eigenvalue weighted by Crippen LogP contribution is 2.19. The van der Waals surface area contributed by atoms with Gasteiger partial charge in [0.05, 0.1) is 25.9 Å². The number of carbonyl (C=O) groups is 1. The molecule has 0 saturated carbocycles. The molecule has 6 nitrogen and oxygen atoms in total. The fourth-order valence-electron chi connectivity index (χ4n) is 4.27.